The average Bonchev–Trinajstić information content (AvgIpc) is 2.49. The van der Waals surface area contributed by atoms with E-state index in [0.29, 0.717) is 12.8 Å². The van der Waals surface area contributed by atoms with E-state index in [1.165, 1.54) is 32.9 Å². The molecule has 0 saturated heterocycles. The van der Waals surface area contributed by atoms with Gasteiger partial charge in [-0.2, -0.15) is 0 Å². The summed E-state index contributed by atoms with van der Waals surface area (Å²) in [7, 11) is 0. The van der Waals surface area contributed by atoms with E-state index in [2.05, 4.69) is 5.32 Å². The van der Waals surface area contributed by atoms with Gasteiger partial charge in [-0.3, -0.25) is 14.4 Å². The Morgan fingerprint density at radius 3 is 1.92 bits per heavy atom. The van der Waals surface area contributed by atoms with Gasteiger partial charge < -0.3 is 14.8 Å². The SMILES string of the molecule is CC(=O)NC(CCc1ccc(F)cc1)(COC(C)=O)COC(C)=O. The molecule has 24 heavy (non-hydrogen) atoms. The summed E-state index contributed by atoms with van der Waals surface area (Å²) < 4.78 is 23.1. The summed E-state index contributed by atoms with van der Waals surface area (Å²) in [5.74, 6) is -1.69. The van der Waals surface area contributed by atoms with E-state index in [-0.39, 0.29) is 24.9 Å². The van der Waals surface area contributed by atoms with Crippen molar-refractivity contribution in [3.8, 4) is 0 Å². The molecule has 132 valence electrons. The van der Waals surface area contributed by atoms with Crippen LogP contribution in [0.15, 0.2) is 24.3 Å². The maximum Gasteiger partial charge on any atom is 0.302 e. The van der Waals surface area contributed by atoms with Crippen LogP contribution >= 0.6 is 0 Å². The standard InChI is InChI=1S/C17H22FNO5/c1-12(20)19-17(10-23-13(2)21,11-24-14(3)22)9-8-15-4-6-16(18)7-5-15/h4-7H,8-11H2,1-3H3,(H,19,20). The number of esters is 2. The van der Waals surface area contributed by atoms with Gasteiger partial charge in [-0.1, -0.05) is 12.1 Å². The number of halogens is 1. The number of amides is 1. The van der Waals surface area contributed by atoms with Gasteiger partial charge in [-0.25, -0.2) is 4.39 Å². The molecule has 6 nitrogen and oxygen atoms in total. The predicted octanol–water partition coefficient (Wildman–Crippen LogP) is 1.76. The van der Waals surface area contributed by atoms with Crippen LogP contribution in [0.3, 0.4) is 0 Å². The number of nitrogens with one attached hydrogen (secondary N) is 1. The van der Waals surface area contributed by atoms with Gasteiger partial charge in [0.15, 0.2) is 0 Å². The highest BCUT2D eigenvalue weighted by atomic mass is 19.1. The maximum absolute atomic E-state index is 13.0. The van der Waals surface area contributed by atoms with Crippen LogP contribution in [0.4, 0.5) is 4.39 Å². The molecule has 1 aromatic carbocycles. The molecule has 0 aliphatic carbocycles. The van der Waals surface area contributed by atoms with E-state index in [1.807, 2.05) is 0 Å². The molecule has 0 saturated carbocycles. The van der Waals surface area contributed by atoms with Crippen LogP contribution in [-0.4, -0.2) is 36.6 Å². The highest BCUT2D eigenvalue weighted by Gasteiger charge is 2.34. The molecular formula is C17H22FNO5. The van der Waals surface area contributed by atoms with Gasteiger partial charge in [0, 0.05) is 20.8 Å². The fourth-order valence-electron chi connectivity index (χ4n) is 2.21. The highest BCUT2D eigenvalue weighted by molar-refractivity contribution is 5.74. The maximum atomic E-state index is 13.0. The number of ether oxygens (including phenoxy) is 2. The summed E-state index contributed by atoms with van der Waals surface area (Å²) in [5.41, 5.74) is -0.200. The first-order chi connectivity index (χ1) is 11.2. The second-order valence-corrected chi connectivity index (χ2v) is 5.65. The van der Waals surface area contributed by atoms with E-state index in [1.54, 1.807) is 12.1 Å². The van der Waals surface area contributed by atoms with E-state index < -0.39 is 17.5 Å². The monoisotopic (exact) mass is 339 g/mol. The van der Waals surface area contributed by atoms with Gasteiger partial charge in [0.2, 0.25) is 5.91 Å². The Bertz CT molecular complexity index is 567. The molecule has 0 fully saturated rings. The third-order valence-electron chi connectivity index (χ3n) is 3.35. The van der Waals surface area contributed by atoms with Crippen LogP contribution in [0.25, 0.3) is 0 Å². The van der Waals surface area contributed by atoms with Crippen LogP contribution in [0.1, 0.15) is 32.8 Å². The summed E-state index contributed by atoms with van der Waals surface area (Å²) in [6.45, 7) is 3.58. The normalized spacial score (nSPS) is 10.8. The third-order valence-corrected chi connectivity index (χ3v) is 3.35. The zero-order valence-corrected chi connectivity index (χ0v) is 14.1. The number of carbonyl (C=O) groups is 3. The number of aryl methyl sites for hydroxylation is 1. The van der Waals surface area contributed by atoms with E-state index in [0.717, 1.165) is 5.56 Å². The van der Waals surface area contributed by atoms with Crippen molar-refractivity contribution in [1.82, 2.24) is 5.32 Å². The zero-order chi connectivity index (χ0) is 18.2. The Balaban J connectivity index is 2.92. The van der Waals surface area contributed by atoms with Crippen LogP contribution < -0.4 is 5.32 Å². The fourth-order valence-corrected chi connectivity index (χ4v) is 2.21. The van der Waals surface area contributed by atoms with Crippen LogP contribution in [0.2, 0.25) is 0 Å². The minimum atomic E-state index is -1.04. The molecule has 0 bridgehead atoms. The largest absolute Gasteiger partial charge is 0.463 e. The number of hydrogen-bond acceptors (Lipinski definition) is 5. The van der Waals surface area contributed by atoms with Crippen molar-refractivity contribution < 1.29 is 28.2 Å². The van der Waals surface area contributed by atoms with Crippen LogP contribution in [0, 0.1) is 5.82 Å². The van der Waals surface area contributed by atoms with Gasteiger partial charge >= 0.3 is 11.9 Å². The first-order valence-corrected chi connectivity index (χ1v) is 7.52. The summed E-state index contributed by atoms with van der Waals surface area (Å²) in [5, 5.41) is 2.72. The molecule has 0 unspecified atom stereocenters. The molecule has 1 aromatic rings. The summed E-state index contributed by atoms with van der Waals surface area (Å²) in [6, 6.07) is 5.94. The summed E-state index contributed by atoms with van der Waals surface area (Å²) in [6.07, 6.45) is 0.821. The summed E-state index contributed by atoms with van der Waals surface area (Å²) in [4.78, 5) is 33.8. The molecule has 0 aromatic heterocycles. The van der Waals surface area contributed by atoms with Gasteiger partial charge in [-0.15, -0.1) is 0 Å². The molecule has 0 atom stereocenters. The van der Waals surface area contributed by atoms with Gasteiger partial charge in [0.1, 0.15) is 24.6 Å². The predicted molar refractivity (Wildman–Crippen MR) is 84.5 cm³/mol. The second-order valence-electron chi connectivity index (χ2n) is 5.65. The second kappa shape index (κ2) is 9.00. The highest BCUT2D eigenvalue weighted by Crippen LogP contribution is 2.18. The molecule has 1 amide bonds. The zero-order valence-electron chi connectivity index (χ0n) is 14.1. The average molecular weight is 339 g/mol. The Kier molecular flexibility index (Phi) is 7.35. The van der Waals surface area contributed by atoms with Crippen LogP contribution in [0.5, 0.6) is 0 Å². The number of benzene rings is 1. The van der Waals surface area contributed by atoms with Crippen molar-refractivity contribution in [3.63, 3.8) is 0 Å². The Labute approximate surface area is 140 Å². The van der Waals surface area contributed by atoms with Crippen molar-refractivity contribution in [3.05, 3.63) is 35.6 Å². The molecule has 0 radical (unpaired) electrons. The molecule has 0 aliphatic rings. The lowest BCUT2D eigenvalue weighted by molar-refractivity contribution is -0.150. The van der Waals surface area contributed by atoms with E-state index >= 15 is 0 Å². The Morgan fingerprint density at radius 2 is 1.50 bits per heavy atom. The third kappa shape index (κ3) is 7.21. The summed E-state index contributed by atoms with van der Waals surface area (Å²) >= 11 is 0. The first-order valence-electron chi connectivity index (χ1n) is 7.52. The van der Waals surface area contributed by atoms with E-state index in [9.17, 15) is 18.8 Å². The van der Waals surface area contributed by atoms with Crippen molar-refractivity contribution in [2.45, 2.75) is 39.2 Å². The van der Waals surface area contributed by atoms with Crippen molar-refractivity contribution in [2.24, 2.45) is 0 Å². The van der Waals surface area contributed by atoms with Crippen molar-refractivity contribution in [1.29, 1.82) is 0 Å². The molecule has 0 aliphatic heterocycles. The lowest BCUT2D eigenvalue weighted by atomic mass is 9.92. The van der Waals surface area contributed by atoms with Gasteiger partial charge in [-0.05, 0) is 30.5 Å². The topological polar surface area (TPSA) is 81.7 Å². The minimum absolute atomic E-state index is 0.129. The van der Waals surface area contributed by atoms with Crippen molar-refractivity contribution >= 4 is 17.8 Å². The van der Waals surface area contributed by atoms with Crippen molar-refractivity contribution in [2.75, 3.05) is 13.2 Å². The molecule has 0 heterocycles. The number of rotatable bonds is 8. The van der Waals surface area contributed by atoms with E-state index in [4.69, 9.17) is 9.47 Å². The molecule has 0 spiro atoms. The fraction of sp³-hybridized carbons (Fsp3) is 0.471. The molecule has 1 rings (SSSR count). The quantitative estimate of drug-likeness (QED) is 0.730. The lowest BCUT2D eigenvalue weighted by Crippen LogP contribution is -2.55. The minimum Gasteiger partial charge on any atom is -0.463 e. The van der Waals surface area contributed by atoms with Gasteiger partial charge in [0.05, 0.1) is 0 Å². The molecule has 7 heteroatoms. The first kappa shape index (κ1) is 19.6. The number of hydrogen-bond donors (Lipinski definition) is 1. The van der Waals surface area contributed by atoms with Gasteiger partial charge in [0.25, 0.3) is 0 Å². The number of carbonyl (C=O) groups excluding carboxylic acids is 3. The smallest absolute Gasteiger partial charge is 0.302 e. The Hall–Kier alpha value is -2.44. The molecule has 1 N–H and O–H groups in total. The lowest BCUT2D eigenvalue weighted by Gasteiger charge is -2.33. The van der Waals surface area contributed by atoms with Crippen LogP contribution in [-0.2, 0) is 30.3 Å². The molecular weight excluding hydrogens is 317 g/mol. The Morgan fingerprint density at radius 1 is 1.00 bits per heavy atom.